The third-order valence-electron chi connectivity index (χ3n) is 2.85. The van der Waals surface area contributed by atoms with Gasteiger partial charge in [0.15, 0.2) is 0 Å². The van der Waals surface area contributed by atoms with Crippen LogP contribution in [0, 0.1) is 17.6 Å². The fourth-order valence-electron chi connectivity index (χ4n) is 1.67. The smallest absolute Gasteiger partial charge is 0.135 e. The van der Waals surface area contributed by atoms with Crippen molar-refractivity contribution in [3.63, 3.8) is 0 Å². The van der Waals surface area contributed by atoms with E-state index in [4.69, 9.17) is 5.73 Å². The standard InChI is InChI=1S/C13H15F2N3/c1-7(2)12(16)13-17-6-11(18-13)9-4-3-8(14)5-10(9)15/h3-7,12H,16H2,1-2H3,(H,17,18). The van der Waals surface area contributed by atoms with Crippen molar-refractivity contribution in [3.05, 3.63) is 41.9 Å². The third kappa shape index (κ3) is 2.41. The summed E-state index contributed by atoms with van der Waals surface area (Å²) in [5.74, 6) is -0.399. The lowest BCUT2D eigenvalue weighted by molar-refractivity contribution is 0.494. The van der Waals surface area contributed by atoms with Crippen molar-refractivity contribution in [1.29, 1.82) is 0 Å². The molecule has 18 heavy (non-hydrogen) atoms. The zero-order chi connectivity index (χ0) is 13.3. The number of aromatic amines is 1. The lowest BCUT2D eigenvalue weighted by Gasteiger charge is -2.12. The van der Waals surface area contributed by atoms with Crippen molar-refractivity contribution in [3.8, 4) is 11.3 Å². The fraction of sp³-hybridized carbons (Fsp3) is 0.308. The molecule has 1 unspecified atom stereocenters. The molecule has 2 aromatic rings. The third-order valence-corrected chi connectivity index (χ3v) is 2.85. The summed E-state index contributed by atoms with van der Waals surface area (Å²) in [5.41, 5.74) is 6.73. The number of nitrogens with two attached hydrogens (primary N) is 1. The Hall–Kier alpha value is -1.75. The predicted molar refractivity (Wildman–Crippen MR) is 65.7 cm³/mol. The van der Waals surface area contributed by atoms with Crippen LogP contribution in [-0.4, -0.2) is 9.97 Å². The summed E-state index contributed by atoms with van der Waals surface area (Å²) < 4.78 is 26.4. The van der Waals surface area contributed by atoms with Gasteiger partial charge in [0.25, 0.3) is 0 Å². The highest BCUT2D eigenvalue weighted by Crippen LogP contribution is 2.24. The second-order valence-electron chi connectivity index (χ2n) is 4.58. The number of nitrogens with zero attached hydrogens (tertiary/aromatic N) is 1. The van der Waals surface area contributed by atoms with Gasteiger partial charge in [-0.3, -0.25) is 0 Å². The van der Waals surface area contributed by atoms with Gasteiger partial charge in [-0.25, -0.2) is 13.8 Å². The minimum absolute atomic E-state index is 0.224. The second kappa shape index (κ2) is 4.86. The van der Waals surface area contributed by atoms with E-state index in [0.717, 1.165) is 6.07 Å². The Morgan fingerprint density at radius 2 is 2.00 bits per heavy atom. The summed E-state index contributed by atoms with van der Waals surface area (Å²) in [6, 6.07) is 3.20. The van der Waals surface area contributed by atoms with Gasteiger partial charge in [-0.15, -0.1) is 0 Å². The van der Waals surface area contributed by atoms with Crippen LogP contribution in [0.1, 0.15) is 25.7 Å². The Labute approximate surface area is 104 Å². The minimum atomic E-state index is -0.622. The molecule has 0 saturated carbocycles. The van der Waals surface area contributed by atoms with Gasteiger partial charge in [0.05, 0.1) is 17.9 Å². The molecule has 0 saturated heterocycles. The molecule has 0 amide bonds. The first-order valence-corrected chi connectivity index (χ1v) is 5.75. The number of rotatable bonds is 3. The predicted octanol–water partition coefficient (Wildman–Crippen LogP) is 3.01. The van der Waals surface area contributed by atoms with Crippen LogP contribution in [0.2, 0.25) is 0 Å². The van der Waals surface area contributed by atoms with Crippen LogP contribution < -0.4 is 5.73 Å². The first-order valence-electron chi connectivity index (χ1n) is 5.75. The molecular weight excluding hydrogens is 236 g/mol. The molecular formula is C13H15F2N3. The second-order valence-corrected chi connectivity index (χ2v) is 4.58. The molecule has 0 spiro atoms. The summed E-state index contributed by atoms with van der Waals surface area (Å²) in [4.78, 5) is 7.11. The highest BCUT2D eigenvalue weighted by molar-refractivity contribution is 5.59. The average molecular weight is 251 g/mol. The summed E-state index contributed by atoms with van der Waals surface area (Å²) in [6.07, 6.45) is 1.51. The van der Waals surface area contributed by atoms with Gasteiger partial charge < -0.3 is 10.7 Å². The number of halogens is 2. The molecule has 3 nitrogen and oxygen atoms in total. The first-order chi connectivity index (χ1) is 8.49. The number of nitrogens with one attached hydrogen (secondary N) is 1. The summed E-state index contributed by atoms with van der Waals surface area (Å²) in [6.45, 7) is 3.96. The van der Waals surface area contributed by atoms with Crippen LogP contribution in [0.4, 0.5) is 8.78 Å². The number of H-pyrrole nitrogens is 1. The lowest BCUT2D eigenvalue weighted by Crippen LogP contribution is -2.18. The molecule has 96 valence electrons. The van der Waals surface area contributed by atoms with Crippen LogP contribution in [-0.2, 0) is 0 Å². The van der Waals surface area contributed by atoms with E-state index in [1.54, 1.807) is 0 Å². The fourth-order valence-corrected chi connectivity index (χ4v) is 1.67. The van der Waals surface area contributed by atoms with E-state index in [9.17, 15) is 8.78 Å². The maximum absolute atomic E-state index is 13.6. The van der Waals surface area contributed by atoms with Crippen molar-refractivity contribution < 1.29 is 8.78 Å². The zero-order valence-electron chi connectivity index (χ0n) is 10.2. The van der Waals surface area contributed by atoms with Crippen LogP contribution in [0.25, 0.3) is 11.3 Å². The van der Waals surface area contributed by atoms with Gasteiger partial charge in [-0.1, -0.05) is 13.8 Å². The number of imidazole rings is 1. The average Bonchev–Trinajstić information content (AvgIpc) is 2.77. The maximum Gasteiger partial charge on any atom is 0.135 e. The highest BCUT2D eigenvalue weighted by atomic mass is 19.1. The molecule has 5 heteroatoms. The summed E-state index contributed by atoms with van der Waals surface area (Å²) in [7, 11) is 0. The van der Waals surface area contributed by atoms with Gasteiger partial charge in [0, 0.05) is 11.6 Å². The van der Waals surface area contributed by atoms with Crippen LogP contribution in [0.3, 0.4) is 0 Å². The first kappa shape index (κ1) is 12.7. The van der Waals surface area contributed by atoms with E-state index < -0.39 is 11.6 Å². The molecule has 2 rings (SSSR count). The van der Waals surface area contributed by atoms with Crippen LogP contribution in [0.5, 0.6) is 0 Å². The van der Waals surface area contributed by atoms with Gasteiger partial charge in [0.2, 0.25) is 0 Å². The van der Waals surface area contributed by atoms with Gasteiger partial charge in [-0.2, -0.15) is 0 Å². The Balaban J connectivity index is 2.35. The summed E-state index contributed by atoms with van der Waals surface area (Å²) >= 11 is 0. The topological polar surface area (TPSA) is 54.7 Å². The molecule has 0 aliphatic heterocycles. The molecule has 0 aliphatic rings. The largest absolute Gasteiger partial charge is 0.341 e. The van der Waals surface area contributed by atoms with Gasteiger partial charge >= 0.3 is 0 Å². The Bertz CT molecular complexity index is 549. The number of hydrogen-bond acceptors (Lipinski definition) is 2. The number of aromatic nitrogens is 2. The molecule has 0 fully saturated rings. The van der Waals surface area contributed by atoms with E-state index in [1.807, 2.05) is 13.8 Å². The van der Waals surface area contributed by atoms with E-state index >= 15 is 0 Å². The molecule has 0 radical (unpaired) electrons. The normalized spacial score (nSPS) is 13.0. The van der Waals surface area contributed by atoms with Crippen LogP contribution >= 0.6 is 0 Å². The molecule has 1 aromatic heterocycles. The summed E-state index contributed by atoms with van der Waals surface area (Å²) in [5, 5.41) is 0. The molecule has 0 bridgehead atoms. The van der Waals surface area contributed by atoms with E-state index in [0.29, 0.717) is 11.5 Å². The van der Waals surface area contributed by atoms with Crippen molar-refractivity contribution in [2.75, 3.05) is 0 Å². The molecule has 3 N–H and O–H groups in total. The van der Waals surface area contributed by atoms with E-state index in [-0.39, 0.29) is 17.5 Å². The molecule has 1 aromatic carbocycles. The van der Waals surface area contributed by atoms with Crippen molar-refractivity contribution in [2.24, 2.45) is 11.7 Å². The number of benzene rings is 1. The van der Waals surface area contributed by atoms with Crippen molar-refractivity contribution in [1.82, 2.24) is 9.97 Å². The highest BCUT2D eigenvalue weighted by Gasteiger charge is 2.15. The molecule has 0 aliphatic carbocycles. The van der Waals surface area contributed by atoms with Crippen molar-refractivity contribution in [2.45, 2.75) is 19.9 Å². The minimum Gasteiger partial charge on any atom is -0.341 e. The molecule has 1 heterocycles. The Morgan fingerprint density at radius 3 is 2.61 bits per heavy atom. The lowest BCUT2D eigenvalue weighted by atomic mass is 10.1. The zero-order valence-corrected chi connectivity index (χ0v) is 10.2. The Kier molecular flexibility index (Phi) is 3.43. The van der Waals surface area contributed by atoms with E-state index in [1.165, 1.54) is 18.3 Å². The van der Waals surface area contributed by atoms with Crippen molar-refractivity contribution >= 4 is 0 Å². The SMILES string of the molecule is CC(C)C(N)c1ncc(-c2ccc(F)cc2F)[nH]1. The van der Waals surface area contributed by atoms with Gasteiger partial charge in [0.1, 0.15) is 17.5 Å². The monoisotopic (exact) mass is 251 g/mol. The van der Waals surface area contributed by atoms with Gasteiger partial charge in [-0.05, 0) is 18.1 Å². The quantitative estimate of drug-likeness (QED) is 0.881. The Morgan fingerprint density at radius 1 is 1.28 bits per heavy atom. The maximum atomic E-state index is 13.6. The van der Waals surface area contributed by atoms with Crippen LogP contribution in [0.15, 0.2) is 24.4 Å². The van der Waals surface area contributed by atoms with E-state index in [2.05, 4.69) is 9.97 Å². The number of hydrogen-bond donors (Lipinski definition) is 2. The molecule has 1 atom stereocenters.